The van der Waals surface area contributed by atoms with Crippen LogP contribution in [0.2, 0.25) is 0 Å². The molecule has 1 N–H and O–H groups in total. The van der Waals surface area contributed by atoms with Gasteiger partial charge in [0, 0.05) is 28.2 Å². The van der Waals surface area contributed by atoms with Crippen LogP contribution in [0.25, 0.3) is 16.5 Å². The van der Waals surface area contributed by atoms with Crippen molar-refractivity contribution in [1.29, 1.82) is 0 Å². The summed E-state index contributed by atoms with van der Waals surface area (Å²) in [4.78, 5) is 3.15. The van der Waals surface area contributed by atoms with E-state index in [1.54, 1.807) is 0 Å². The van der Waals surface area contributed by atoms with Crippen LogP contribution in [0.15, 0.2) is 37.0 Å². The number of terminal acetylenes is 1. The normalized spacial score (nSPS) is 9.77. The smallest absolute Gasteiger partial charge is 0.0460 e. The number of hydrogen-bond acceptors (Lipinski definition) is 0. The van der Waals surface area contributed by atoms with E-state index in [1.807, 2.05) is 30.5 Å². The van der Waals surface area contributed by atoms with Gasteiger partial charge in [-0.1, -0.05) is 30.7 Å². The van der Waals surface area contributed by atoms with Crippen LogP contribution >= 0.6 is 0 Å². The molecule has 1 heteroatoms. The van der Waals surface area contributed by atoms with Crippen LogP contribution in [0.3, 0.4) is 0 Å². The van der Waals surface area contributed by atoms with Gasteiger partial charge in [-0.3, -0.25) is 0 Å². The number of benzene rings is 1. The molecule has 0 saturated heterocycles. The van der Waals surface area contributed by atoms with Crippen molar-refractivity contribution in [1.82, 2.24) is 4.98 Å². The summed E-state index contributed by atoms with van der Waals surface area (Å²) in [6.45, 7) is 3.81. The first-order valence-corrected chi connectivity index (χ1v) is 4.05. The standard InChI is InChI=1S/C12H9N/c1-3-9(2)11-8-13-12-7-5-4-6-10(11)12/h1,4-8,13H,2H2. The van der Waals surface area contributed by atoms with Crippen molar-refractivity contribution in [3.8, 4) is 12.3 Å². The summed E-state index contributed by atoms with van der Waals surface area (Å²) in [5, 5.41) is 1.13. The van der Waals surface area contributed by atoms with Gasteiger partial charge in [0.1, 0.15) is 0 Å². The summed E-state index contributed by atoms with van der Waals surface area (Å²) in [6, 6.07) is 8.02. The molecule has 1 heterocycles. The zero-order valence-electron chi connectivity index (χ0n) is 7.17. The summed E-state index contributed by atoms with van der Waals surface area (Å²) in [5.41, 5.74) is 2.82. The number of aromatic amines is 1. The van der Waals surface area contributed by atoms with Crippen LogP contribution < -0.4 is 0 Å². The topological polar surface area (TPSA) is 15.8 Å². The highest BCUT2D eigenvalue weighted by atomic mass is 14.7. The van der Waals surface area contributed by atoms with Gasteiger partial charge in [0.15, 0.2) is 0 Å². The SMILES string of the molecule is C#CC(=C)c1c[nH]c2ccccc12. The van der Waals surface area contributed by atoms with Crippen molar-refractivity contribution in [3.63, 3.8) is 0 Å². The minimum absolute atomic E-state index is 0.720. The highest BCUT2D eigenvalue weighted by molar-refractivity contribution is 5.95. The number of para-hydroxylation sites is 1. The minimum Gasteiger partial charge on any atom is -0.361 e. The predicted molar refractivity (Wildman–Crippen MR) is 56.2 cm³/mol. The van der Waals surface area contributed by atoms with Crippen molar-refractivity contribution >= 4 is 16.5 Å². The van der Waals surface area contributed by atoms with Gasteiger partial charge in [0.05, 0.1) is 0 Å². The molecule has 0 spiro atoms. The van der Waals surface area contributed by atoms with Crippen LogP contribution in [0.4, 0.5) is 0 Å². The van der Waals surface area contributed by atoms with E-state index < -0.39 is 0 Å². The van der Waals surface area contributed by atoms with Gasteiger partial charge >= 0.3 is 0 Å². The van der Waals surface area contributed by atoms with E-state index in [-0.39, 0.29) is 0 Å². The average Bonchev–Trinajstić information content (AvgIpc) is 2.60. The van der Waals surface area contributed by atoms with Gasteiger partial charge in [-0.2, -0.15) is 0 Å². The highest BCUT2D eigenvalue weighted by Gasteiger charge is 2.03. The molecule has 0 amide bonds. The second-order valence-electron chi connectivity index (χ2n) is 2.87. The third-order valence-electron chi connectivity index (χ3n) is 2.09. The molecule has 0 aliphatic heterocycles. The van der Waals surface area contributed by atoms with Gasteiger partial charge in [-0.25, -0.2) is 0 Å². The van der Waals surface area contributed by atoms with Gasteiger partial charge in [0.25, 0.3) is 0 Å². The van der Waals surface area contributed by atoms with Crippen molar-refractivity contribution in [3.05, 3.63) is 42.6 Å². The Morgan fingerprint density at radius 1 is 1.38 bits per heavy atom. The monoisotopic (exact) mass is 167 g/mol. The number of fused-ring (bicyclic) bond motifs is 1. The van der Waals surface area contributed by atoms with Gasteiger partial charge in [-0.15, -0.1) is 6.42 Å². The molecule has 1 aromatic carbocycles. The van der Waals surface area contributed by atoms with Crippen LogP contribution in [0.5, 0.6) is 0 Å². The third-order valence-corrected chi connectivity index (χ3v) is 2.09. The molecule has 0 bridgehead atoms. The van der Waals surface area contributed by atoms with Crippen LogP contribution in [-0.4, -0.2) is 4.98 Å². The highest BCUT2D eigenvalue weighted by Crippen LogP contribution is 2.22. The first kappa shape index (κ1) is 7.70. The fraction of sp³-hybridized carbons (Fsp3) is 0. The Bertz CT molecular complexity index is 497. The number of nitrogens with one attached hydrogen (secondary N) is 1. The summed E-state index contributed by atoms with van der Waals surface area (Å²) < 4.78 is 0. The van der Waals surface area contributed by atoms with Crippen LogP contribution in [0.1, 0.15) is 5.56 Å². The first-order valence-electron chi connectivity index (χ1n) is 4.05. The molecule has 0 radical (unpaired) electrons. The lowest BCUT2D eigenvalue weighted by atomic mass is 10.1. The van der Waals surface area contributed by atoms with Gasteiger partial charge in [0.2, 0.25) is 0 Å². The molecule has 0 unspecified atom stereocenters. The van der Waals surface area contributed by atoms with Crippen molar-refractivity contribution in [2.24, 2.45) is 0 Å². The largest absolute Gasteiger partial charge is 0.361 e. The third kappa shape index (κ3) is 1.13. The molecule has 0 aliphatic rings. The second kappa shape index (κ2) is 2.84. The van der Waals surface area contributed by atoms with E-state index in [4.69, 9.17) is 6.42 Å². The molecule has 1 aromatic heterocycles. The van der Waals surface area contributed by atoms with E-state index in [0.717, 1.165) is 22.0 Å². The number of allylic oxidation sites excluding steroid dienone is 1. The van der Waals surface area contributed by atoms with Crippen LogP contribution in [0, 0.1) is 12.3 Å². The fourth-order valence-corrected chi connectivity index (χ4v) is 1.40. The number of rotatable bonds is 1. The Balaban J connectivity index is 2.73. The van der Waals surface area contributed by atoms with E-state index in [2.05, 4.69) is 17.5 Å². The van der Waals surface area contributed by atoms with E-state index in [9.17, 15) is 0 Å². The predicted octanol–water partition coefficient (Wildman–Crippen LogP) is 2.81. The zero-order valence-corrected chi connectivity index (χ0v) is 7.17. The summed E-state index contributed by atoms with van der Waals surface area (Å²) in [5.74, 6) is 2.55. The van der Waals surface area contributed by atoms with Crippen molar-refractivity contribution in [2.75, 3.05) is 0 Å². The Labute approximate surface area is 77.1 Å². The summed E-state index contributed by atoms with van der Waals surface area (Å²) in [7, 11) is 0. The minimum atomic E-state index is 0.720. The maximum absolute atomic E-state index is 5.29. The molecular formula is C12H9N. The Morgan fingerprint density at radius 3 is 2.92 bits per heavy atom. The van der Waals surface area contributed by atoms with Gasteiger partial charge in [-0.05, 0) is 6.07 Å². The molecule has 0 aliphatic carbocycles. The Hall–Kier alpha value is -1.94. The zero-order chi connectivity index (χ0) is 9.26. The lowest BCUT2D eigenvalue weighted by molar-refractivity contribution is 1.47. The Kier molecular flexibility index (Phi) is 1.68. The van der Waals surface area contributed by atoms with Crippen molar-refractivity contribution in [2.45, 2.75) is 0 Å². The van der Waals surface area contributed by atoms with Gasteiger partial charge < -0.3 is 4.98 Å². The molecule has 13 heavy (non-hydrogen) atoms. The number of aromatic nitrogens is 1. The molecule has 0 saturated carbocycles. The summed E-state index contributed by atoms with van der Waals surface area (Å²) in [6.07, 6.45) is 7.19. The molecule has 2 rings (SSSR count). The van der Waals surface area contributed by atoms with E-state index >= 15 is 0 Å². The lowest BCUT2D eigenvalue weighted by Gasteiger charge is -1.93. The molecule has 62 valence electrons. The molecule has 0 atom stereocenters. The maximum Gasteiger partial charge on any atom is 0.0460 e. The van der Waals surface area contributed by atoms with Crippen LogP contribution in [-0.2, 0) is 0 Å². The maximum atomic E-state index is 5.29. The van der Waals surface area contributed by atoms with Crippen molar-refractivity contribution < 1.29 is 0 Å². The number of hydrogen-bond donors (Lipinski definition) is 1. The average molecular weight is 167 g/mol. The Morgan fingerprint density at radius 2 is 2.15 bits per heavy atom. The molecule has 1 nitrogen and oxygen atoms in total. The summed E-state index contributed by atoms with van der Waals surface area (Å²) >= 11 is 0. The molecule has 2 aromatic rings. The first-order chi connectivity index (χ1) is 6.33. The van der Waals surface area contributed by atoms with E-state index in [1.165, 1.54) is 0 Å². The fourth-order valence-electron chi connectivity index (χ4n) is 1.40. The molecule has 0 fully saturated rings. The molecular weight excluding hydrogens is 158 g/mol. The van der Waals surface area contributed by atoms with E-state index in [0.29, 0.717) is 0 Å². The quantitative estimate of drug-likeness (QED) is 0.628. The second-order valence-corrected chi connectivity index (χ2v) is 2.87. The number of H-pyrrole nitrogens is 1. The lowest BCUT2D eigenvalue weighted by Crippen LogP contribution is -1.74.